The van der Waals surface area contributed by atoms with Gasteiger partial charge in [0.05, 0.1) is 7.11 Å². The molecule has 0 aliphatic rings. The number of methoxy groups -OCH3 is 1. The van der Waals surface area contributed by atoms with Gasteiger partial charge in [0.25, 0.3) is 10.0 Å². The molecule has 2 rings (SSSR count). The van der Waals surface area contributed by atoms with Crippen molar-refractivity contribution in [3.8, 4) is 5.88 Å². The minimum Gasteiger partial charge on any atom is -0.480 e. The van der Waals surface area contributed by atoms with E-state index in [1.165, 1.54) is 25.4 Å². The number of hydrogen-bond acceptors (Lipinski definition) is 4. The second-order valence-electron chi connectivity index (χ2n) is 3.74. The van der Waals surface area contributed by atoms with Crippen LogP contribution in [0.5, 0.6) is 5.88 Å². The predicted octanol–water partition coefficient (Wildman–Crippen LogP) is 2.17. The van der Waals surface area contributed by atoms with E-state index in [1.54, 1.807) is 0 Å². The van der Waals surface area contributed by atoms with E-state index in [4.69, 9.17) is 4.74 Å². The number of ether oxygens (including phenoxy) is 1. The molecule has 1 aromatic carbocycles. The van der Waals surface area contributed by atoms with Gasteiger partial charge in [-0.15, -0.1) is 0 Å². The van der Waals surface area contributed by atoms with E-state index in [9.17, 15) is 17.2 Å². The maximum absolute atomic E-state index is 13.5. The zero-order chi connectivity index (χ0) is 14.8. The number of pyridine rings is 1. The van der Waals surface area contributed by atoms with Crippen molar-refractivity contribution in [3.05, 3.63) is 48.2 Å². The topological polar surface area (TPSA) is 68.3 Å². The molecule has 1 N–H and O–H groups in total. The van der Waals surface area contributed by atoms with Crippen molar-refractivity contribution in [1.29, 1.82) is 0 Å². The second kappa shape index (κ2) is 5.41. The Hall–Kier alpha value is -2.22. The van der Waals surface area contributed by atoms with E-state index in [-0.39, 0.29) is 11.6 Å². The first-order valence-electron chi connectivity index (χ1n) is 5.41. The van der Waals surface area contributed by atoms with Gasteiger partial charge < -0.3 is 4.74 Å². The molecule has 0 spiro atoms. The molecule has 0 fully saturated rings. The normalized spacial score (nSPS) is 11.2. The Bertz CT molecular complexity index is 735. The summed E-state index contributed by atoms with van der Waals surface area (Å²) >= 11 is 0. The predicted molar refractivity (Wildman–Crippen MR) is 68.0 cm³/mol. The summed E-state index contributed by atoms with van der Waals surface area (Å²) in [6.45, 7) is 0. The third-order valence-electron chi connectivity index (χ3n) is 2.39. The van der Waals surface area contributed by atoms with Gasteiger partial charge in [-0.2, -0.15) is 0 Å². The van der Waals surface area contributed by atoms with Gasteiger partial charge in [0.15, 0.2) is 0 Å². The quantitative estimate of drug-likeness (QED) is 0.939. The molecule has 0 radical (unpaired) electrons. The summed E-state index contributed by atoms with van der Waals surface area (Å²) in [5.41, 5.74) is 0.0265. The number of rotatable bonds is 4. The monoisotopic (exact) mass is 300 g/mol. The first-order valence-corrected chi connectivity index (χ1v) is 6.89. The summed E-state index contributed by atoms with van der Waals surface area (Å²) in [4.78, 5) is 3.01. The van der Waals surface area contributed by atoms with Crippen LogP contribution < -0.4 is 9.46 Å². The number of nitrogens with one attached hydrogen (secondary N) is 1. The first-order chi connectivity index (χ1) is 9.44. The van der Waals surface area contributed by atoms with Crippen molar-refractivity contribution in [2.24, 2.45) is 0 Å². The van der Waals surface area contributed by atoms with Crippen molar-refractivity contribution in [2.45, 2.75) is 4.90 Å². The van der Waals surface area contributed by atoms with Crippen molar-refractivity contribution in [3.63, 3.8) is 0 Å². The molecule has 1 aromatic heterocycles. The van der Waals surface area contributed by atoms with Gasteiger partial charge in [0.2, 0.25) is 5.88 Å². The Morgan fingerprint density at radius 3 is 2.70 bits per heavy atom. The number of benzene rings is 1. The highest BCUT2D eigenvalue weighted by atomic mass is 32.2. The Morgan fingerprint density at radius 1 is 1.25 bits per heavy atom. The summed E-state index contributed by atoms with van der Waals surface area (Å²) in [6.07, 6.45) is 1.40. The van der Waals surface area contributed by atoms with Crippen LogP contribution in [0.15, 0.2) is 41.4 Å². The van der Waals surface area contributed by atoms with Crippen LogP contribution >= 0.6 is 0 Å². The van der Waals surface area contributed by atoms with E-state index < -0.39 is 26.6 Å². The van der Waals surface area contributed by atoms with Crippen LogP contribution in [0.25, 0.3) is 0 Å². The lowest BCUT2D eigenvalue weighted by molar-refractivity contribution is 0.400. The van der Waals surface area contributed by atoms with Gasteiger partial charge in [-0.05, 0) is 30.3 Å². The third-order valence-corrected chi connectivity index (χ3v) is 3.77. The van der Waals surface area contributed by atoms with Crippen LogP contribution in [0.2, 0.25) is 0 Å². The highest BCUT2D eigenvalue weighted by Crippen LogP contribution is 2.25. The van der Waals surface area contributed by atoms with Gasteiger partial charge in [-0.3, -0.25) is 4.72 Å². The lowest BCUT2D eigenvalue weighted by atomic mass is 10.3. The summed E-state index contributed by atoms with van der Waals surface area (Å²) in [5.74, 6) is -1.89. The molecule has 8 heteroatoms. The number of nitrogens with zero attached hydrogens (tertiary/aromatic N) is 1. The van der Waals surface area contributed by atoms with Crippen molar-refractivity contribution in [2.75, 3.05) is 11.8 Å². The highest BCUT2D eigenvalue weighted by molar-refractivity contribution is 7.92. The van der Waals surface area contributed by atoms with E-state index in [0.717, 1.165) is 12.1 Å². The molecule has 5 nitrogen and oxygen atoms in total. The molecule has 0 saturated heterocycles. The molecule has 20 heavy (non-hydrogen) atoms. The molecule has 0 atom stereocenters. The minimum absolute atomic E-state index is 0.0212. The van der Waals surface area contributed by atoms with Crippen molar-refractivity contribution in [1.82, 2.24) is 4.98 Å². The molecular formula is C12H10F2N2O3S. The smallest absolute Gasteiger partial charge is 0.265 e. The van der Waals surface area contributed by atoms with Crippen LogP contribution in [0.4, 0.5) is 14.5 Å². The number of hydrogen-bond donors (Lipinski definition) is 1. The third kappa shape index (κ3) is 2.85. The summed E-state index contributed by atoms with van der Waals surface area (Å²) in [6, 6.07) is 5.03. The maximum Gasteiger partial charge on any atom is 0.265 e. The van der Waals surface area contributed by atoms with E-state index in [1.807, 2.05) is 0 Å². The van der Waals surface area contributed by atoms with Gasteiger partial charge in [-0.1, -0.05) is 0 Å². The molecule has 2 aromatic rings. The molecule has 0 saturated carbocycles. The Morgan fingerprint density at radius 2 is 2.00 bits per heavy atom. The Kier molecular flexibility index (Phi) is 3.84. The molecule has 0 aliphatic heterocycles. The van der Waals surface area contributed by atoms with E-state index in [2.05, 4.69) is 9.71 Å². The fraction of sp³-hybridized carbons (Fsp3) is 0.0833. The minimum atomic E-state index is -4.28. The van der Waals surface area contributed by atoms with Crippen molar-refractivity contribution < 1.29 is 21.9 Å². The first kappa shape index (κ1) is 14.2. The zero-order valence-electron chi connectivity index (χ0n) is 10.3. The fourth-order valence-corrected chi connectivity index (χ4v) is 2.66. The van der Waals surface area contributed by atoms with Crippen molar-refractivity contribution >= 4 is 15.7 Å². The van der Waals surface area contributed by atoms with E-state index in [0.29, 0.717) is 6.07 Å². The summed E-state index contributed by atoms with van der Waals surface area (Å²) < 4.78 is 57.6. The number of halogens is 2. The SMILES string of the molecule is COc1ncccc1NS(=O)(=O)c1cc(F)ccc1F. The average molecular weight is 300 g/mol. The maximum atomic E-state index is 13.5. The summed E-state index contributed by atoms with van der Waals surface area (Å²) in [7, 11) is -2.98. The van der Waals surface area contributed by atoms with Crippen LogP contribution in [0.1, 0.15) is 0 Å². The lowest BCUT2D eigenvalue weighted by Gasteiger charge is -2.11. The number of aromatic nitrogens is 1. The zero-order valence-corrected chi connectivity index (χ0v) is 11.1. The molecule has 0 aliphatic carbocycles. The standard InChI is InChI=1S/C12H10F2N2O3S/c1-19-12-10(3-2-6-15-12)16-20(17,18)11-7-8(13)4-5-9(11)14/h2-7,16H,1H3. The molecule has 106 valence electrons. The lowest BCUT2D eigenvalue weighted by Crippen LogP contribution is -2.15. The van der Waals surface area contributed by atoms with Crippen LogP contribution in [0, 0.1) is 11.6 Å². The molecule has 0 amide bonds. The number of sulfonamides is 1. The molecular weight excluding hydrogens is 290 g/mol. The van der Waals surface area contributed by atoms with Gasteiger partial charge in [0.1, 0.15) is 22.2 Å². The summed E-state index contributed by atoms with van der Waals surface area (Å²) in [5, 5.41) is 0. The number of anilines is 1. The molecule has 1 heterocycles. The van der Waals surface area contributed by atoms with Crippen LogP contribution in [-0.2, 0) is 10.0 Å². The average Bonchev–Trinajstić information content (AvgIpc) is 2.41. The van der Waals surface area contributed by atoms with Crippen LogP contribution in [0.3, 0.4) is 0 Å². The second-order valence-corrected chi connectivity index (χ2v) is 5.39. The largest absolute Gasteiger partial charge is 0.480 e. The van der Waals surface area contributed by atoms with Gasteiger partial charge in [-0.25, -0.2) is 22.2 Å². The molecule has 0 unspecified atom stereocenters. The molecule has 0 bridgehead atoms. The van der Waals surface area contributed by atoms with E-state index >= 15 is 0 Å². The van der Waals surface area contributed by atoms with Crippen LogP contribution in [-0.4, -0.2) is 20.5 Å². The van der Waals surface area contributed by atoms with Gasteiger partial charge in [0, 0.05) is 6.20 Å². The Balaban J connectivity index is 2.43. The highest BCUT2D eigenvalue weighted by Gasteiger charge is 2.21. The fourth-order valence-electron chi connectivity index (χ4n) is 1.51. The van der Waals surface area contributed by atoms with Gasteiger partial charge >= 0.3 is 0 Å². The Labute approximate surface area is 114 Å².